The molecule has 0 atom stereocenters. The number of H-pyrrole nitrogens is 1. The minimum atomic E-state index is -3.65. The number of rotatable bonds is 6. The predicted octanol–water partition coefficient (Wildman–Crippen LogP) is 1.63. The number of para-hydroxylation sites is 1. The Kier molecular flexibility index (Phi) is 4.41. The summed E-state index contributed by atoms with van der Waals surface area (Å²) >= 11 is 0. The lowest BCUT2D eigenvalue weighted by molar-refractivity contribution is 0.597. The van der Waals surface area contributed by atoms with Gasteiger partial charge in [-0.3, -0.25) is 9.82 Å². The molecule has 2 aromatic rings. The highest BCUT2D eigenvalue weighted by molar-refractivity contribution is 7.92. The Balaban J connectivity index is 2.32. The predicted molar refractivity (Wildman–Crippen MR) is 78.0 cm³/mol. The fourth-order valence-electron chi connectivity index (χ4n) is 1.90. The van der Waals surface area contributed by atoms with Gasteiger partial charge >= 0.3 is 0 Å². The second-order valence-electron chi connectivity index (χ2n) is 4.38. The highest BCUT2D eigenvalue weighted by Gasteiger charge is 2.24. The van der Waals surface area contributed by atoms with Gasteiger partial charge in [0.2, 0.25) is 0 Å². The summed E-state index contributed by atoms with van der Waals surface area (Å²) in [5, 5.41) is 9.86. The lowest BCUT2D eigenvalue weighted by atomic mass is 10.3. The van der Waals surface area contributed by atoms with E-state index in [4.69, 9.17) is 0 Å². The quantitative estimate of drug-likeness (QED) is 0.755. The molecule has 0 aliphatic carbocycles. The van der Waals surface area contributed by atoms with Crippen LogP contribution in [0.5, 0.6) is 0 Å². The SMILES string of the molecule is CCNCc1n[nH]c(C)c1S(=O)(=O)Nc1ccccc1. The van der Waals surface area contributed by atoms with E-state index < -0.39 is 10.0 Å². The summed E-state index contributed by atoms with van der Waals surface area (Å²) in [7, 11) is -3.65. The Labute approximate surface area is 118 Å². The molecule has 20 heavy (non-hydrogen) atoms. The molecule has 108 valence electrons. The van der Waals surface area contributed by atoms with E-state index in [1.54, 1.807) is 31.2 Å². The van der Waals surface area contributed by atoms with Crippen LogP contribution in [0, 0.1) is 6.92 Å². The van der Waals surface area contributed by atoms with E-state index in [2.05, 4.69) is 20.2 Å². The van der Waals surface area contributed by atoms with E-state index in [0.717, 1.165) is 6.54 Å². The molecule has 0 spiro atoms. The number of nitrogens with one attached hydrogen (secondary N) is 3. The van der Waals surface area contributed by atoms with Crippen LogP contribution in [0.25, 0.3) is 0 Å². The molecule has 7 heteroatoms. The second kappa shape index (κ2) is 6.06. The van der Waals surface area contributed by atoms with Gasteiger partial charge in [-0.2, -0.15) is 5.10 Å². The highest BCUT2D eigenvalue weighted by atomic mass is 32.2. The Hall–Kier alpha value is -1.86. The van der Waals surface area contributed by atoms with Crippen LogP contribution in [-0.2, 0) is 16.6 Å². The van der Waals surface area contributed by atoms with Gasteiger partial charge in [0.05, 0.1) is 11.4 Å². The van der Waals surface area contributed by atoms with Crippen LogP contribution >= 0.6 is 0 Å². The van der Waals surface area contributed by atoms with Crippen molar-refractivity contribution in [3.05, 3.63) is 41.7 Å². The average Bonchev–Trinajstić information content (AvgIpc) is 2.79. The number of anilines is 1. The number of aromatic nitrogens is 2. The van der Waals surface area contributed by atoms with Crippen LogP contribution in [0.1, 0.15) is 18.3 Å². The van der Waals surface area contributed by atoms with Gasteiger partial charge in [0.25, 0.3) is 10.0 Å². The molecule has 0 bridgehead atoms. The van der Waals surface area contributed by atoms with Crippen LogP contribution in [-0.4, -0.2) is 25.2 Å². The Bertz CT molecular complexity index is 665. The maximum atomic E-state index is 12.5. The maximum absolute atomic E-state index is 12.5. The first-order valence-corrected chi connectivity index (χ1v) is 7.85. The molecule has 0 aliphatic heterocycles. The van der Waals surface area contributed by atoms with Crippen molar-refractivity contribution < 1.29 is 8.42 Å². The van der Waals surface area contributed by atoms with Gasteiger partial charge in [-0.15, -0.1) is 0 Å². The van der Waals surface area contributed by atoms with Gasteiger partial charge in [-0.1, -0.05) is 25.1 Å². The Morgan fingerprint density at radius 2 is 1.95 bits per heavy atom. The van der Waals surface area contributed by atoms with E-state index in [9.17, 15) is 8.42 Å². The van der Waals surface area contributed by atoms with Crippen LogP contribution in [0.3, 0.4) is 0 Å². The first-order chi connectivity index (χ1) is 9.54. The normalized spacial score (nSPS) is 11.5. The topological polar surface area (TPSA) is 86.9 Å². The number of nitrogens with zero attached hydrogens (tertiary/aromatic N) is 1. The number of benzene rings is 1. The first-order valence-electron chi connectivity index (χ1n) is 6.37. The van der Waals surface area contributed by atoms with Crippen molar-refractivity contribution in [2.45, 2.75) is 25.3 Å². The van der Waals surface area contributed by atoms with Crippen molar-refractivity contribution in [3.63, 3.8) is 0 Å². The van der Waals surface area contributed by atoms with Crippen LogP contribution in [0.15, 0.2) is 35.2 Å². The van der Waals surface area contributed by atoms with Crippen molar-refractivity contribution in [2.75, 3.05) is 11.3 Å². The van der Waals surface area contributed by atoms with Crippen molar-refractivity contribution in [3.8, 4) is 0 Å². The lowest BCUT2D eigenvalue weighted by Crippen LogP contribution is -2.19. The molecule has 1 heterocycles. The lowest BCUT2D eigenvalue weighted by Gasteiger charge is -2.09. The third-order valence-electron chi connectivity index (χ3n) is 2.80. The third kappa shape index (κ3) is 3.17. The summed E-state index contributed by atoms with van der Waals surface area (Å²) in [6, 6.07) is 8.80. The zero-order valence-corrected chi connectivity index (χ0v) is 12.3. The molecule has 0 aliphatic rings. The van der Waals surface area contributed by atoms with E-state index in [0.29, 0.717) is 23.6 Å². The number of aryl methyl sites for hydroxylation is 1. The van der Waals surface area contributed by atoms with Crippen molar-refractivity contribution in [1.29, 1.82) is 0 Å². The third-order valence-corrected chi connectivity index (χ3v) is 4.38. The van der Waals surface area contributed by atoms with Crippen LogP contribution in [0.2, 0.25) is 0 Å². The van der Waals surface area contributed by atoms with Gasteiger partial charge in [-0.25, -0.2) is 8.42 Å². The minimum absolute atomic E-state index is 0.210. The monoisotopic (exact) mass is 294 g/mol. The highest BCUT2D eigenvalue weighted by Crippen LogP contribution is 2.21. The van der Waals surface area contributed by atoms with Gasteiger partial charge in [-0.05, 0) is 25.6 Å². The summed E-state index contributed by atoms with van der Waals surface area (Å²) in [5.41, 5.74) is 1.55. The molecule has 2 rings (SSSR count). The largest absolute Gasteiger partial charge is 0.311 e. The number of hydrogen-bond acceptors (Lipinski definition) is 4. The molecule has 0 saturated heterocycles. The minimum Gasteiger partial charge on any atom is -0.311 e. The molecule has 0 unspecified atom stereocenters. The molecule has 1 aromatic heterocycles. The van der Waals surface area contributed by atoms with E-state index in [1.807, 2.05) is 13.0 Å². The molecule has 0 fully saturated rings. The summed E-state index contributed by atoms with van der Waals surface area (Å²) in [5.74, 6) is 0. The fourth-order valence-corrected chi connectivity index (χ4v) is 3.33. The van der Waals surface area contributed by atoms with Gasteiger partial charge in [0.15, 0.2) is 0 Å². The number of sulfonamides is 1. The van der Waals surface area contributed by atoms with Crippen molar-refractivity contribution in [2.24, 2.45) is 0 Å². The van der Waals surface area contributed by atoms with Gasteiger partial charge in [0.1, 0.15) is 4.90 Å². The zero-order valence-electron chi connectivity index (χ0n) is 11.5. The maximum Gasteiger partial charge on any atom is 0.265 e. The Morgan fingerprint density at radius 1 is 1.25 bits per heavy atom. The molecular formula is C13H18N4O2S. The summed E-state index contributed by atoms with van der Waals surface area (Å²) in [6.45, 7) is 4.81. The molecule has 0 saturated carbocycles. The van der Waals surface area contributed by atoms with Crippen LogP contribution in [0.4, 0.5) is 5.69 Å². The smallest absolute Gasteiger partial charge is 0.265 e. The molecule has 1 aromatic carbocycles. The number of aromatic amines is 1. The number of hydrogen-bond donors (Lipinski definition) is 3. The summed E-state index contributed by atoms with van der Waals surface area (Å²) < 4.78 is 27.5. The standard InChI is InChI=1S/C13H18N4O2S/c1-3-14-9-12-13(10(2)15-16-12)20(18,19)17-11-7-5-4-6-8-11/h4-8,14,17H,3,9H2,1-2H3,(H,15,16). The van der Waals surface area contributed by atoms with Crippen molar-refractivity contribution >= 4 is 15.7 Å². The van der Waals surface area contributed by atoms with Gasteiger partial charge in [0, 0.05) is 12.2 Å². The summed E-state index contributed by atoms with van der Waals surface area (Å²) in [6.07, 6.45) is 0. The zero-order chi connectivity index (χ0) is 14.6. The van der Waals surface area contributed by atoms with E-state index in [-0.39, 0.29) is 4.90 Å². The average molecular weight is 294 g/mol. The van der Waals surface area contributed by atoms with E-state index in [1.165, 1.54) is 0 Å². The molecule has 0 radical (unpaired) electrons. The summed E-state index contributed by atoms with van der Waals surface area (Å²) in [4.78, 5) is 0.210. The Morgan fingerprint density at radius 3 is 2.60 bits per heavy atom. The molecule has 0 amide bonds. The second-order valence-corrected chi connectivity index (χ2v) is 6.00. The van der Waals surface area contributed by atoms with Gasteiger partial charge < -0.3 is 5.32 Å². The van der Waals surface area contributed by atoms with E-state index >= 15 is 0 Å². The molecular weight excluding hydrogens is 276 g/mol. The first kappa shape index (κ1) is 14.5. The molecule has 6 nitrogen and oxygen atoms in total. The van der Waals surface area contributed by atoms with Crippen LogP contribution < -0.4 is 10.0 Å². The fraction of sp³-hybridized carbons (Fsp3) is 0.308. The molecule has 3 N–H and O–H groups in total. The van der Waals surface area contributed by atoms with Crippen molar-refractivity contribution in [1.82, 2.24) is 15.5 Å².